The Balaban J connectivity index is 1.42. The summed E-state index contributed by atoms with van der Waals surface area (Å²) in [6.45, 7) is 1.63. The first-order valence-electron chi connectivity index (χ1n) is 12.4. The molecule has 2 aromatic rings. The van der Waals surface area contributed by atoms with Crippen LogP contribution in [0, 0.1) is 0 Å². The number of ether oxygens (including phenoxy) is 1. The molecular weight excluding hydrogens is 472 g/mol. The smallest absolute Gasteiger partial charge is 0.337 e. The molecule has 10 nitrogen and oxygen atoms in total. The molecule has 4 N–H and O–H groups in total. The minimum absolute atomic E-state index is 0.0643. The van der Waals surface area contributed by atoms with Crippen LogP contribution in [0.1, 0.15) is 27.9 Å². The van der Waals surface area contributed by atoms with E-state index >= 15 is 0 Å². The molecule has 3 unspecified atom stereocenters. The molecule has 0 radical (unpaired) electrons. The average molecular weight is 505 g/mol. The van der Waals surface area contributed by atoms with Crippen molar-refractivity contribution >= 4 is 34.7 Å². The van der Waals surface area contributed by atoms with Gasteiger partial charge in [-0.1, -0.05) is 36.4 Å². The summed E-state index contributed by atoms with van der Waals surface area (Å²) in [6, 6.07) is 14.9. The monoisotopic (exact) mass is 504 g/mol. The molecule has 2 fully saturated rings. The highest BCUT2D eigenvalue weighted by molar-refractivity contribution is 6.36. The molecule has 0 aromatic heterocycles. The fourth-order valence-corrected chi connectivity index (χ4v) is 5.25. The molecule has 3 aliphatic rings. The van der Waals surface area contributed by atoms with E-state index in [0.29, 0.717) is 47.7 Å². The Labute approximate surface area is 216 Å². The Hall–Kier alpha value is -3.73. The van der Waals surface area contributed by atoms with E-state index in [9.17, 15) is 14.4 Å². The van der Waals surface area contributed by atoms with Crippen LogP contribution in [0.4, 0.5) is 5.69 Å². The van der Waals surface area contributed by atoms with Crippen molar-refractivity contribution in [2.24, 2.45) is 0 Å². The first-order chi connectivity index (χ1) is 17.9. The molecule has 0 bridgehead atoms. The zero-order valence-electron chi connectivity index (χ0n) is 21.2. The van der Waals surface area contributed by atoms with Crippen LogP contribution in [0.3, 0.4) is 0 Å². The second-order valence-corrected chi connectivity index (χ2v) is 9.76. The molecule has 194 valence electrons. The SMILES string of the molecule is COC(=O)c1ccc2c(c1)NC(=O)/C2=C(\NC1CNC2C(CCN2C(=O)CN(C)C)N1)c1ccccc1. The van der Waals surface area contributed by atoms with Crippen molar-refractivity contribution < 1.29 is 19.1 Å². The van der Waals surface area contributed by atoms with Gasteiger partial charge in [0.2, 0.25) is 5.91 Å². The van der Waals surface area contributed by atoms with E-state index in [4.69, 9.17) is 4.74 Å². The summed E-state index contributed by atoms with van der Waals surface area (Å²) in [5, 5.41) is 13.6. The number of benzene rings is 2. The van der Waals surface area contributed by atoms with Crippen molar-refractivity contribution in [1.82, 2.24) is 25.8 Å². The van der Waals surface area contributed by atoms with Crippen molar-refractivity contribution in [2.45, 2.75) is 24.8 Å². The number of rotatable bonds is 6. The van der Waals surface area contributed by atoms with Gasteiger partial charge in [-0.25, -0.2) is 4.79 Å². The summed E-state index contributed by atoms with van der Waals surface area (Å²) in [7, 11) is 5.11. The van der Waals surface area contributed by atoms with Crippen molar-refractivity contribution in [3.63, 3.8) is 0 Å². The van der Waals surface area contributed by atoms with Crippen LogP contribution in [-0.2, 0) is 14.3 Å². The van der Waals surface area contributed by atoms with Gasteiger partial charge in [0.25, 0.3) is 5.91 Å². The topological polar surface area (TPSA) is 115 Å². The molecule has 0 saturated carbocycles. The fraction of sp³-hybridized carbons (Fsp3) is 0.370. The van der Waals surface area contributed by atoms with Gasteiger partial charge in [-0.2, -0.15) is 0 Å². The van der Waals surface area contributed by atoms with Gasteiger partial charge in [0.1, 0.15) is 0 Å². The maximum atomic E-state index is 13.2. The molecule has 37 heavy (non-hydrogen) atoms. The second kappa shape index (κ2) is 10.3. The molecule has 2 aromatic carbocycles. The maximum Gasteiger partial charge on any atom is 0.337 e. The summed E-state index contributed by atoms with van der Waals surface area (Å²) < 4.78 is 4.82. The molecule has 3 atom stereocenters. The number of carbonyl (C=O) groups excluding carboxylic acids is 3. The number of nitrogens with one attached hydrogen (secondary N) is 4. The van der Waals surface area contributed by atoms with Gasteiger partial charge in [0.05, 0.1) is 48.5 Å². The number of amides is 2. The standard InChI is InChI=1S/C27H32N6O4/c1-32(2)15-22(34)33-12-11-19-25(33)28-14-21(29-19)31-24(16-7-5-4-6-8-16)23-18-10-9-17(27(36)37-3)13-20(18)30-26(23)35/h4-10,13,19,21,25,28-29,31H,11-12,14-15H2,1-3H3,(H,30,35)/b24-23-. The summed E-state index contributed by atoms with van der Waals surface area (Å²) >= 11 is 0. The predicted molar refractivity (Wildman–Crippen MR) is 140 cm³/mol. The van der Waals surface area contributed by atoms with Gasteiger partial charge in [-0.05, 0) is 38.2 Å². The van der Waals surface area contributed by atoms with Crippen molar-refractivity contribution in [1.29, 1.82) is 0 Å². The summed E-state index contributed by atoms with van der Waals surface area (Å²) in [4.78, 5) is 41.7. The van der Waals surface area contributed by atoms with Crippen molar-refractivity contribution in [3.05, 3.63) is 65.2 Å². The van der Waals surface area contributed by atoms with Gasteiger partial charge in [0, 0.05) is 24.7 Å². The van der Waals surface area contributed by atoms with E-state index in [1.54, 1.807) is 18.2 Å². The zero-order valence-corrected chi connectivity index (χ0v) is 21.2. The molecule has 2 amide bonds. The number of hydrogen-bond donors (Lipinski definition) is 4. The normalized spacial score (nSPS) is 23.8. The molecule has 3 aliphatic heterocycles. The minimum atomic E-state index is -0.461. The molecule has 0 aliphatic carbocycles. The number of carbonyl (C=O) groups is 3. The van der Waals surface area contributed by atoms with E-state index in [0.717, 1.165) is 12.0 Å². The molecule has 2 saturated heterocycles. The molecule has 10 heteroatoms. The van der Waals surface area contributed by atoms with Gasteiger partial charge < -0.3 is 25.2 Å². The first-order valence-corrected chi connectivity index (χ1v) is 12.4. The third kappa shape index (κ3) is 4.95. The van der Waals surface area contributed by atoms with E-state index in [1.165, 1.54) is 7.11 Å². The lowest BCUT2D eigenvalue weighted by molar-refractivity contribution is -0.133. The lowest BCUT2D eigenvalue weighted by atomic mass is 9.98. The highest BCUT2D eigenvalue weighted by Gasteiger charge is 2.41. The lowest BCUT2D eigenvalue weighted by Crippen LogP contribution is -2.66. The quantitative estimate of drug-likeness (QED) is 0.339. The molecule has 3 heterocycles. The van der Waals surface area contributed by atoms with Crippen LogP contribution in [0.2, 0.25) is 0 Å². The summed E-state index contributed by atoms with van der Waals surface area (Å²) in [5.74, 6) is -0.597. The average Bonchev–Trinajstić information content (AvgIpc) is 3.46. The fourth-order valence-electron chi connectivity index (χ4n) is 5.25. The highest BCUT2D eigenvalue weighted by Crippen LogP contribution is 2.37. The van der Waals surface area contributed by atoms with E-state index in [1.807, 2.05) is 54.2 Å². The van der Waals surface area contributed by atoms with Gasteiger partial charge >= 0.3 is 5.97 Å². The lowest BCUT2D eigenvalue weighted by Gasteiger charge is -2.39. The molecule has 0 spiro atoms. The summed E-state index contributed by atoms with van der Waals surface area (Å²) in [5.41, 5.74) is 3.73. The van der Waals surface area contributed by atoms with Crippen molar-refractivity contribution in [2.75, 3.05) is 46.2 Å². The molecular formula is C27H32N6O4. The van der Waals surface area contributed by atoms with Gasteiger partial charge in [-0.3, -0.25) is 20.2 Å². The third-order valence-corrected chi connectivity index (χ3v) is 6.93. The number of piperazine rings is 1. The number of esters is 1. The van der Waals surface area contributed by atoms with Crippen LogP contribution in [0.25, 0.3) is 11.3 Å². The number of anilines is 1. The Bertz CT molecular complexity index is 1240. The number of nitrogens with zero attached hydrogens (tertiary/aromatic N) is 2. The Morgan fingerprint density at radius 1 is 1.14 bits per heavy atom. The molecule has 5 rings (SSSR count). The highest BCUT2D eigenvalue weighted by atomic mass is 16.5. The first kappa shape index (κ1) is 24.9. The Morgan fingerprint density at radius 2 is 1.92 bits per heavy atom. The van der Waals surface area contributed by atoms with Crippen LogP contribution in [-0.4, -0.2) is 86.8 Å². The Kier molecular flexibility index (Phi) is 6.96. The maximum absolute atomic E-state index is 13.2. The zero-order chi connectivity index (χ0) is 26.1. The number of likely N-dealkylation sites (N-methyl/N-ethyl adjacent to an activating group) is 1. The Morgan fingerprint density at radius 3 is 2.65 bits per heavy atom. The van der Waals surface area contributed by atoms with Crippen molar-refractivity contribution in [3.8, 4) is 0 Å². The van der Waals surface area contributed by atoms with E-state index < -0.39 is 5.97 Å². The largest absolute Gasteiger partial charge is 0.465 e. The van der Waals surface area contributed by atoms with Gasteiger partial charge in [0.15, 0.2) is 0 Å². The summed E-state index contributed by atoms with van der Waals surface area (Å²) in [6.07, 6.45) is 0.607. The minimum Gasteiger partial charge on any atom is -0.465 e. The van der Waals surface area contributed by atoms with E-state index in [2.05, 4.69) is 21.3 Å². The number of likely N-dealkylation sites (tertiary alicyclic amines) is 1. The second-order valence-electron chi connectivity index (χ2n) is 9.76. The number of fused-ring (bicyclic) bond motifs is 2. The van der Waals surface area contributed by atoms with Crippen LogP contribution < -0.4 is 21.3 Å². The van der Waals surface area contributed by atoms with Crippen LogP contribution in [0.5, 0.6) is 0 Å². The van der Waals surface area contributed by atoms with Crippen LogP contribution >= 0.6 is 0 Å². The van der Waals surface area contributed by atoms with Gasteiger partial charge in [-0.15, -0.1) is 0 Å². The predicted octanol–water partition coefficient (Wildman–Crippen LogP) is 0.891. The number of hydrogen-bond acceptors (Lipinski definition) is 8. The third-order valence-electron chi connectivity index (χ3n) is 6.93. The number of methoxy groups -OCH3 is 1. The van der Waals surface area contributed by atoms with E-state index in [-0.39, 0.29) is 30.2 Å². The van der Waals surface area contributed by atoms with Crippen LogP contribution in [0.15, 0.2) is 48.5 Å².